The van der Waals surface area contributed by atoms with Gasteiger partial charge >= 0.3 is 6.18 Å². The van der Waals surface area contributed by atoms with Gasteiger partial charge < -0.3 is 19.9 Å². The van der Waals surface area contributed by atoms with E-state index in [9.17, 15) is 22.9 Å². The van der Waals surface area contributed by atoms with E-state index < -0.39 is 17.4 Å². The van der Waals surface area contributed by atoms with Crippen LogP contribution in [0.15, 0.2) is 53.7 Å². The van der Waals surface area contributed by atoms with Crippen molar-refractivity contribution in [3.8, 4) is 0 Å². The predicted octanol–water partition coefficient (Wildman–Crippen LogP) is 4.41. The van der Waals surface area contributed by atoms with E-state index in [4.69, 9.17) is 4.74 Å². The number of nitrogens with one attached hydrogen (secondary N) is 1. The second-order valence-electron chi connectivity index (χ2n) is 8.27. The molecular formula is C23H25F3N4O3. The van der Waals surface area contributed by atoms with Crippen molar-refractivity contribution in [2.45, 2.75) is 31.2 Å². The van der Waals surface area contributed by atoms with Crippen LogP contribution in [0.4, 0.5) is 30.2 Å². The molecule has 176 valence electrons. The Morgan fingerprint density at radius 1 is 1.06 bits per heavy atom. The van der Waals surface area contributed by atoms with Crippen LogP contribution in [-0.4, -0.2) is 55.7 Å². The molecule has 0 spiro atoms. The van der Waals surface area contributed by atoms with E-state index in [0.29, 0.717) is 25.9 Å². The van der Waals surface area contributed by atoms with Crippen molar-refractivity contribution in [2.24, 2.45) is 5.18 Å². The van der Waals surface area contributed by atoms with Crippen LogP contribution in [0, 0.1) is 4.91 Å². The number of halogens is 3. The summed E-state index contributed by atoms with van der Waals surface area (Å²) in [6, 6.07) is 13.4. The van der Waals surface area contributed by atoms with Gasteiger partial charge in [0, 0.05) is 43.6 Å². The molecule has 2 aromatic carbocycles. The summed E-state index contributed by atoms with van der Waals surface area (Å²) >= 11 is 0. The van der Waals surface area contributed by atoms with Crippen molar-refractivity contribution >= 4 is 23.0 Å². The van der Waals surface area contributed by atoms with E-state index >= 15 is 0 Å². The summed E-state index contributed by atoms with van der Waals surface area (Å²) in [6.07, 6.45) is -3.59. The lowest BCUT2D eigenvalue weighted by Gasteiger charge is -2.38. The minimum atomic E-state index is -4.65. The number of alkyl halides is 3. The Bertz CT molecular complexity index is 973. The molecule has 1 saturated heterocycles. The molecule has 0 unspecified atom stereocenters. The third-order valence-corrected chi connectivity index (χ3v) is 6.06. The van der Waals surface area contributed by atoms with E-state index in [1.54, 1.807) is 4.90 Å². The number of nitroso groups, excluding NO2 is 1. The van der Waals surface area contributed by atoms with Crippen LogP contribution in [0.3, 0.4) is 0 Å². The van der Waals surface area contributed by atoms with Crippen molar-refractivity contribution in [3.05, 3.63) is 59.0 Å². The lowest BCUT2D eigenvalue weighted by Crippen LogP contribution is -2.50. The largest absolute Gasteiger partial charge is 0.418 e. The molecule has 2 aliphatic rings. The van der Waals surface area contributed by atoms with Crippen LogP contribution < -0.4 is 10.2 Å². The van der Waals surface area contributed by atoms with Crippen LogP contribution in [-0.2, 0) is 15.7 Å². The van der Waals surface area contributed by atoms with Crippen LogP contribution in [0.1, 0.15) is 18.4 Å². The zero-order valence-corrected chi connectivity index (χ0v) is 17.9. The Balaban J connectivity index is 1.18. The lowest BCUT2D eigenvalue weighted by molar-refractivity contribution is -0.140. The van der Waals surface area contributed by atoms with Gasteiger partial charge in [-0.1, -0.05) is 18.2 Å². The molecule has 2 fully saturated rings. The summed E-state index contributed by atoms with van der Waals surface area (Å²) in [7, 11) is 0. The van der Waals surface area contributed by atoms with Gasteiger partial charge in [0.1, 0.15) is 12.3 Å². The minimum absolute atomic E-state index is 0.000642. The lowest BCUT2D eigenvalue weighted by atomic mass is 9.89. The summed E-state index contributed by atoms with van der Waals surface area (Å²) in [6.45, 7) is 2.81. The molecule has 1 aliphatic heterocycles. The van der Waals surface area contributed by atoms with Gasteiger partial charge in [-0.25, -0.2) is 0 Å². The molecule has 33 heavy (non-hydrogen) atoms. The molecule has 2 aromatic rings. The third kappa shape index (κ3) is 5.62. The fourth-order valence-corrected chi connectivity index (χ4v) is 4.12. The maximum atomic E-state index is 13.1. The molecular weight excluding hydrogens is 437 g/mol. The van der Waals surface area contributed by atoms with E-state index in [0.717, 1.165) is 30.9 Å². The monoisotopic (exact) mass is 462 g/mol. The van der Waals surface area contributed by atoms with Gasteiger partial charge in [-0.3, -0.25) is 4.79 Å². The van der Waals surface area contributed by atoms with Crippen molar-refractivity contribution in [1.29, 1.82) is 0 Å². The molecule has 1 amide bonds. The number of carbonyl (C=O) groups excluding carboxylic acids is 1. The number of nitrogens with zero attached hydrogens (tertiary/aromatic N) is 3. The first-order valence-electron chi connectivity index (χ1n) is 10.8. The van der Waals surface area contributed by atoms with Crippen molar-refractivity contribution in [3.63, 3.8) is 0 Å². The molecule has 1 saturated carbocycles. The number of para-hydroxylation sites is 1. The highest BCUT2D eigenvalue weighted by Crippen LogP contribution is 2.38. The van der Waals surface area contributed by atoms with Gasteiger partial charge in [0.05, 0.1) is 11.7 Å². The summed E-state index contributed by atoms with van der Waals surface area (Å²) in [5.74, 6) is -0.0501. The first-order chi connectivity index (χ1) is 15.8. The van der Waals surface area contributed by atoms with Gasteiger partial charge in [0.15, 0.2) is 0 Å². The minimum Gasteiger partial charge on any atom is -0.382 e. The van der Waals surface area contributed by atoms with Gasteiger partial charge in [-0.2, -0.15) is 13.2 Å². The fourth-order valence-electron chi connectivity index (χ4n) is 4.12. The van der Waals surface area contributed by atoms with Crippen molar-refractivity contribution in [2.75, 3.05) is 43.0 Å². The number of hydrogen-bond donors (Lipinski definition) is 1. The number of carbonyl (C=O) groups is 1. The number of benzene rings is 2. The quantitative estimate of drug-likeness (QED) is 0.617. The van der Waals surface area contributed by atoms with E-state index in [1.165, 1.54) is 6.07 Å². The zero-order chi connectivity index (χ0) is 23.4. The molecule has 1 aliphatic carbocycles. The van der Waals surface area contributed by atoms with E-state index in [1.807, 2.05) is 18.2 Å². The Kier molecular flexibility index (Phi) is 6.83. The highest BCUT2D eigenvalue weighted by Gasteiger charge is 2.35. The Morgan fingerprint density at radius 3 is 2.39 bits per heavy atom. The number of piperazine rings is 1. The Morgan fingerprint density at radius 2 is 1.76 bits per heavy atom. The highest BCUT2D eigenvalue weighted by atomic mass is 19.4. The number of amides is 1. The van der Waals surface area contributed by atoms with Crippen LogP contribution in [0.2, 0.25) is 0 Å². The fraction of sp³-hybridized carbons (Fsp3) is 0.435. The predicted molar refractivity (Wildman–Crippen MR) is 119 cm³/mol. The molecule has 0 aromatic heterocycles. The highest BCUT2D eigenvalue weighted by molar-refractivity contribution is 5.77. The molecule has 1 N–H and O–H groups in total. The van der Waals surface area contributed by atoms with Crippen LogP contribution >= 0.6 is 0 Å². The maximum absolute atomic E-state index is 13.1. The number of ether oxygens (including phenoxy) is 1. The summed E-state index contributed by atoms with van der Waals surface area (Å²) in [4.78, 5) is 27.1. The maximum Gasteiger partial charge on any atom is 0.418 e. The molecule has 0 radical (unpaired) electrons. The number of hydrogen-bond acceptors (Lipinski definition) is 6. The summed E-state index contributed by atoms with van der Waals surface area (Å²) in [5, 5.41) is 5.46. The first kappa shape index (κ1) is 23.0. The normalized spacial score (nSPS) is 20.8. The van der Waals surface area contributed by atoms with Crippen molar-refractivity contribution in [1.82, 2.24) is 4.90 Å². The van der Waals surface area contributed by atoms with Crippen LogP contribution in [0.5, 0.6) is 0 Å². The first-order valence-corrected chi connectivity index (χ1v) is 10.8. The van der Waals surface area contributed by atoms with Gasteiger partial charge in [0.2, 0.25) is 5.91 Å². The zero-order valence-electron chi connectivity index (χ0n) is 17.9. The van der Waals surface area contributed by atoms with Crippen molar-refractivity contribution < 1.29 is 22.7 Å². The average molecular weight is 462 g/mol. The summed E-state index contributed by atoms with van der Waals surface area (Å²) in [5.41, 5.74) is -0.280. The van der Waals surface area contributed by atoms with E-state index in [2.05, 4.69) is 27.5 Å². The standard InChI is InChI=1S/C23H25F3N4O3/c24-23(25,26)20-14-16(6-7-21(20)28-32)27-17-12-19(13-17)33-15-22(31)30-10-8-29(9-11-30)18-4-2-1-3-5-18/h1-7,14,17,19,27H,8-13,15H2. The molecule has 1 heterocycles. The summed E-state index contributed by atoms with van der Waals surface area (Å²) < 4.78 is 44.9. The van der Waals surface area contributed by atoms with Gasteiger partial charge in [-0.15, -0.1) is 4.91 Å². The topological polar surface area (TPSA) is 74.2 Å². The molecule has 4 rings (SSSR count). The Labute approximate surface area is 189 Å². The average Bonchev–Trinajstić information content (AvgIpc) is 2.80. The third-order valence-electron chi connectivity index (χ3n) is 6.06. The van der Waals surface area contributed by atoms with Gasteiger partial charge in [-0.05, 0) is 48.4 Å². The second kappa shape index (κ2) is 9.78. The van der Waals surface area contributed by atoms with Gasteiger partial charge in [0.25, 0.3) is 0 Å². The van der Waals surface area contributed by atoms with Crippen LogP contribution in [0.25, 0.3) is 0 Å². The smallest absolute Gasteiger partial charge is 0.382 e. The molecule has 7 nitrogen and oxygen atoms in total. The Hall–Kier alpha value is -3.14. The number of anilines is 2. The second-order valence-corrected chi connectivity index (χ2v) is 8.27. The molecule has 0 bridgehead atoms. The molecule has 0 atom stereocenters. The number of rotatable bonds is 7. The van der Waals surface area contributed by atoms with E-state index in [-0.39, 0.29) is 30.3 Å². The SMILES string of the molecule is O=Nc1ccc(NC2CC(OCC(=O)N3CCN(c4ccccc4)CC3)C2)cc1C(F)(F)F. The molecule has 10 heteroatoms.